The topological polar surface area (TPSA) is 136 Å². The number of nitrogens with zero attached hydrogens (tertiary/aromatic N) is 2. The fourth-order valence-corrected chi connectivity index (χ4v) is 5.32. The number of nitrogens with one attached hydrogen (secondary N) is 6. The Morgan fingerprint density at radius 3 is 0.932 bits per heavy atom. The first kappa shape index (κ1) is 46.2. The summed E-state index contributed by atoms with van der Waals surface area (Å²) in [5, 5.41) is 20.9. The minimum atomic E-state index is -3.99. The van der Waals surface area contributed by atoms with Gasteiger partial charge in [-0.15, -0.1) is 0 Å². The Morgan fingerprint density at radius 2 is 0.705 bits per heavy atom. The summed E-state index contributed by atoms with van der Waals surface area (Å²) in [7, 11) is -3.99. The van der Waals surface area contributed by atoms with Crippen LogP contribution in [0.4, 0.5) is 0 Å². The van der Waals surface area contributed by atoms with E-state index in [4.69, 9.17) is 0 Å². The molecule has 6 N–H and O–H groups in total. The first-order valence-corrected chi connectivity index (χ1v) is 19.1. The second kappa shape index (κ2) is 35.9. The van der Waals surface area contributed by atoms with Crippen LogP contribution in [-0.4, -0.2) is 108 Å². The number of hydrogen-bond acceptors (Lipinski definition) is 11. The van der Waals surface area contributed by atoms with E-state index >= 15 is 0 Å². The molecule has 3 aliphatic heterocycles. The van der Waals surface area contributed by atoms with E-state index in [-0.39, 0.29) is 22.5 Å². The smallest absolute Gasteiger partial charge is 0.0945 e. The molecule has 11 nitrogen and oxygen atoms in total. The monoisotopic (exact) mass is 694 g/mol. The molecule has 269 valence electrons. The van der Waals surface area contributed by atoms with Crippen LogP contribution in [0.3, 0.4) is 0 Å². The Morgan fingerprint density at radius 1 is 0.477 bits per heavy atom. The second-order valence-electron chi connectivity index (χ2n) is 11.9. The molecule has 0 aromatic heterocycles. The molecule has 3 heterocycles. The minimum Gasteiger partial charge on any atom is -0.748 e. The molecule has 0 aromatic rings. The summed E-state index contributed by atoms with van der Waals surface area (Å²) in [6, 6.07) is 0. The Hall–Kier alpha value is 0.0965. The SMILES string of the molecule is C1CNCN2CNCCNCN(CN1)CNCCNC2.CCC.CCCCCCCCCCCCCCCCS(=O)(=O)[O-].[Co]. The summed E-state index contributed by atoms with van der Waals surface area (Å²) in [4.78, 5) is 4.70. The van der Waals surface area contributed by atoms with E-state index < -0.39 is 10.1 Å². The van der Waals surface area contributed by atoms with Crippen LogP contribution in [-0.2, 0) is 26.9 Å². The summed E-state index contributed by atoms with van der Waals surface area (Å²) < 4.78 is 31.2. The number of rotatable bonds is 15. The van der Waals surface area contributed by atoms with Gasteiger partial charge >= 0.3 is 0 Å². The zero-order valence-corrected chi connectivity index (χ0v) is 30.5. The molecule has 0 unspecified atom stereocenters. The Bertz CT molecular complexity index is 606. The Balaban J connectivity index is 0. The molecule has 0 saturated carbocycles. The van der Waals surface area contributed by atoms with Gasteiger partial charge in [-0.25, -0.2) is 8.42 Å². The van der Waals surface area contributed by atoms with E-state index in [1.54, 1.807) is 0 Å². The van der Waals surface area contributed by atoms with Crippen LogP contribution in [0, 0.1) is 0 Å². The first-order chi connectivity index (χ1) is 20.9. The summed E-state index contributed by atoms with van der Waals surface area (Å²) in [5.74, 6) is -0.189. The van der Waals surface area contributed by atoms with E-state index in [0.717, 1.165) is 92.1 Å². The summed E-state index contributed by atoms with van der Waals surface area (Å²) in [6.45, 7) is 17.9. The van der Waals surface area contributed by atoms with E-state index in [1.165, 1.54) is 77.0 Å². The van der Waals surface area contributed by atoms with Crippen LogP contribution in [0.1, 0.15) is 117 Å². The number of hydrogen-bond donors (Lipinski definition) is 6. The van der Waals surface area contributed by atoms with E-state index in [9.17, 15) is 13.0 Å². The van der Waals surface area contributed by atoms with Crippen LogP contribution < -0.4 is 31.9 Å². The van der Waals surface area contributed by atoms with Crippen LogP contribution in [0.2, 0.25) is 0 Å². The maximum absolute atomic E-state index is 10.4. The molecular weight excluding hydrogens is 623 g/mol. The average molecular weight is 695 g/mol. The average Bonchev–Trinajstić information content (AvgIpc) is 2.97. The van der Waals surface area contributed by atoms with E-state index in [1.807, 2.05) is 0 Å². The van der Waals surface area contributed by atoms with Crippen molar-refractivity contribution in [2.24, 2.45) is 0 Å². The van der Waals surface area contributed by atoms with Crippen LogP contribution >= 0.6 is 0 Å². The van der Waals surface area contributed by atoms with Gasteiger partial charge in [-0.1, -0.05) is 111 Å². The molecule has 3 saturated heterocycles. The zero-order valence-electron chi connectivity index (χ0n) is 28.7. The van der Waals surface area contributed by atoms with Crippen LogP contribution in [0.5, 0.6) is 0 Å². The van der Waals surface area contributed by atoms with Crippen molar-refractivity contribution in [1.82, 2.24) is 41.7 Å². The summed E-state index contributed by atoms with van der Waals surface area (Å²) in [6.07, 6.45) is 18.4. The van der Waals surface area contributed by atoms with Gasteiger partial charge in [-0.2, -0.15) is 0 Å². The maximum Gasteiger partial charge on any atom is 0.0945 e. The fourth-order valence-electron chi connectivity index (χ4n) is 4.76. The number of unbranched alkanes of at least 4 members (excludes halogenated alkanes) is 13. The number of fused-ring (bicyclic) bond motifs is 15. The quantitative estimate of drug-likeness (QED) is 0.111. The molecule has 13 heteroatoms. The van der Waals surface area contributed by atoms with Gasteiger partial charge in [0.2, 0.25) is 0 Å². The summed E-state index contributed by atoms with van der Waals surface area (Å²) in [5.41, 5.74) is 0. The van der Waals surface area contributed by atoms with Gasteiger partial charge in [0.25, 0.3) is 0 Å². The Kier molecular flexibility index (Phi) is 37.8. The van der Waals surface area contributed by atoms with Crippen molar-refractivity contribution in [3.8, 4) is 0 Å². The molecule has 0 atom stereocenters. The largest absolute Gasteiger partial charge is 0.748 e. The normalized spacial score (nSPS) is 20.5. The molecule has 44 heavy (non-hydrogen) atoms. The zero-order chi connectivity index (χ0) is 31.7. The third kappa shape index (κ3) is 36.6. The minimum absolute atomic E-state index is 0. The third-order valence-corrected chi connectivity index (χ3v) is 7.98. The van der Waals surface area contributed by atoms with Crippen molar-refractivity contribution in [3.63, 3.8) is 0 Å². The molecule has 0 aliphatic carbocycles. The molecule has 1 radical (unpaired) electrons. The van der Waals surface area contributed by atoms with Crippen LogP contribution in [0.15, 0.2) is 0 Å². The predicted octanol–water partition coefficient (Wildman–Crippen LogP) is 3.33. The van der Waals surface area contributed by atoms with Gasteiger partial charge in [0, 0.05) is 61.8 Å². The molecule has 0 spiro atoms. The third-order valence-electron chi connectivity index (χ3n) is 7.20. The standard InChI is InChI=1S/C16H34O3S.C12H30N8.C3H8.Co/c1-2-3-4-5-6-7-8-9-10-11-12-13-14-15-16-20(17,18)19;1-2-14-8-20-11-17-5-3-15-9-19(7-13-1)10-16-4-6-18-12-20;1-3-2;/h2-16H2,1H3,(H,17,18,19);13-18H,1-12H2;3H2,1-2H3;/p-1. The molecule has 3 fully saturated rings. The predicted molar refractivity (Wildman–Crippen MR) is 182 cm³/mol. The van der Waals surface area contributed by atoms with Crippen molar-refractivity contribution in [1.29, 1.82) is 0 Å². The van der Waals surface area contributed by atoms with Gasteiger partial charge in [0.05, 0.1) is 50.1 Å². The molecule has 2 bridgehead atoms. The van der Waals surface area contributed by atoms with Crippen molar-refractivity contribution in [3.05, 3.63) is 0 Å². The molecule has 0 aromatic carbocycles. The second-order valence-corrected chi connectivity index (χ2v) is 13.4. The first-order valence-electron chi connectivity index (χ1n) is 17.6. The molecular formula is C31H71CoN8O3S-. The van der Waals surface area contributed by atoms with E-state index in [2.05, 4.69) is 62.5 Å². The van der Waals surface area contributed by atoms with Crippen molar-refractivity contribution >= 4 is 10.1 Å². The van der Waals surface area contributed by atoms with Gasteiger partial charge in [-0.3, -0.25) is 9.80 Å². The molecule has 0 amide bonds. The van der Waals surface area contributed by atoms with Gasteiger partial charge in [0.15, 0.2) is 0 Å². The fraction of sp³-hybridized carbons (Fsp3) is 1.00. The molecule has 3 aliphatic rings. The van der Waals surface area contributed by atoms with Crippen molar-refractivity contribution < 1.29 is 29.7 Å². The van der Waals surface area contributed by atoms with Crippen molar-refractivity contribution in [2.75, 3.05) is 85.0 Å². The van der Waals surface area contributed by atoms with E-state index in [0.29, 0.717) is 6.42 Å². The maximum atomic E-state index is 10.4. The van der Waals surface area contributed by atoms with Gasteiger partial charge in [0.1, 0.15) is 0 Å². The van der Waals surface area contributed by atoms with Crippen LogP contribution in [0.25, 0.3) is 0 Å². The van der Waals surface area contributed by atoms with Gasteiger partial charge < -0.3 is 36.5 Å². The molecule has 3 rings (SSSR count). The Labute approximate surface area is 282 Å². The van der Waals surface area contributed by atoms with Gasteiger partial charge in [-0.05, 0) is 6.42 Å². The summed E-state index contributed by atoms with van der Waals surface area (Å²) >= 11 is 0. The van der Waals surface area contributed by atoms with Crippen molar-refractivity contribution in [2.45, 2.75) is 117 Å².